The number of likely N-dealkylation sites (tertiary alicyclic amines) is 1. The number of guanidine groups is 1. The van der Waals surface area contributed by atoms with Gasteiger partial charge in [-0.2, -0.15) is 0 Å². The molecule has 0 spiro atoms. The van der Waals surface area contributed by atoms with Crippen molar-refractivity contribution in [3.05, 3.63) is 35.4 Å². The molecule has 1 fully saturated rings. The number of nitrogens with zero attached hydrogens (tertiary/aromatic N) is 3. The second-order valence-electron chi connectivity index (χ2n) is 6.61. The Labute approximate surface area is 147 Å². The zero-order chi connectivity index (χ0) is 17.4. The van der Waals surface area contributed by atoms with Crippen molar-refractivity contribution in [3.63, 3.8) is 0 Å². The fourth-order valence-electron chi connectivity index (χ4n) is 3.60. The van der Waals surface area contributed by atoms with Gasteiger partial charge < -0.3 is 15.1 Å². The SMILES string of the molecule is CCc1ccccc1CNC(=NC)N1CCC(CN(CC)CC)C1. The molecule has 24 heavy (non-hydrogen) atoms. The maximum atomic E-state index is 4.51. The van der Waals surface area contributed by atoms with Gasteiger partial charge in [-0.15, -0.1) is 0 Å². The molecule has 0 saturated carbocycles. The maximum absolute atomic E-state index is 4.51. The summed E-state index contributed by atoms with van der Waals surface area (Å²) < 4.78 is 0. The third-order valence-electron chi connectivity index (χ3n) is 5.14. The van der Waals surface area contributed by atoms with Crippen molar-refractivity contribution in [2.75, 3.05) is 39.8 Å². The first kappa shape index (κ1) is 18.8. The summed E-state index contributed by atoms with van der Waals surface area (Å²) in [5, 5.41) is 3.57. The fraction of sp³-hybridized carbons (Fsp3) is 0.650. The summed E-state index contributed by atoms with van der Waals surface area (Å²) in [6.07, 6.45) is 2.34. The van der Waals surface area contributed by atoms with E-state index in [4.69, 9.17) is 0 Å². The monoisotopic (exact) mass is 330 g/mol. The summed E-state index contributed by atoms with van der Waals surface area (Å²) in [5.41, 5.74) is 2.79. The van der Waals surface area contributed by atoms with E-state index in [1.54, 1.807) is 0 Å². The van der Waals surface area contributed by atoms with Gasteiger partial charge in [0.1, 0.15) is 0 Å². The van der Waals surface area contributed by atoms with Gasteiger partial charge in [-0.05, 0) is 43.0 Å². The zero-order valence-electron chi connectivity index (χ0n) is 15.9. The molecule has 1 heterocycles. The number of rotatable bonds is 7. The Morgan fingerprint density at radius 3 is 2.54 bits per heavy atom. The zero-order valence-corrected chi connectivity index (χ0v) is 15.9. The van der Waals surface area contributed by atoms with E-state index in [2.05, 4.69) is 65.1 Å². The largest absolute Gasteiger partial charge is 0.352 e. The van der Waals surface area contributed by atoms with Gasteiger partial charge in [-0.25, -0.2) is 0 Å². The molecule has 1 unspecified atom stereocenters. The standard InChI is InChI=1S/C20H34N4/c1-5-18-10-8-9-11-19(18)14-22-20(21-4)24-13-12-17(16-24)15-23(6-2)7-3/h8-11,17H,5-7,12-16H2,1-4H3,(H,21,22). The highest BCUT2D eigenvalue weighted by molar-refractivity contribution is 5.80. The predicted molar refractivity (Wildman–Crippen MR) is 103 cm³/mol. The quantitative estimate of drug-likeness (QED) is 0.616. The van der Waals surface area contributed by atoms with Gasteiger partial charge in [0.15, 0.2) is 5.96 Å². The average molecular weight is 331 g/mol. The minimum Gasteiger partial charge on any atom is -0.352 e. The van der Waals surface area contributed by atoms with Crippen LogP contribution in [0.15, 0.2) is 29.3 Å². The smallest absolute Gasteiger partial charge is 0.193 e. The van der Waals surface area contributed by atoms with Gasteiger partial charge in [0.25, 0.3) is 0 Å². The molecule has 1 atom stereocenters. The van der Waals surface area contributed by atoms with Gasteiger partial charge in [-0.3, -0.25) is 4.99 Å². The lowest BCUT2D eigenvalue weighted by molar-refractivity contribution is 0.255. The molecular formula is C20H34N4. The molecule has 134 valence electrons. The molecule has 1 aliphatic rings. The summed E-state index contributed by atoms with van der Waals surface area (Å²) >= 11 is 0. The molecule has 0 aromatic heterocycles. The van der Waals surface area contributed by atoms with Crippen molar-refractivity contribution in [1.82, 2.24) is 15.1 Å². The van der Waals surface area contributed by atoms with Gasteiger partial charge in [0, 0.05) is 33.2 Å². The molecule has 0 radical (unpaired) electrons. The second-order valence-corrected chi connectivity index (χ2v) is 6.61. The molecule has 4 heteroatoms. The van der Waals surface area contributed by atoms with E-state index in [0.29, 0.717) is 0 Å². The topological polar surface area (TPSA) is 30.9 Å². The number of nitrogens with one attached hydrogen (secondary N) is 1. The molecule has 0 amide bonds. The normalized spacial score (nSPS) is 18.5. The van der Waals surface area contributed by atoms with E-state index in [1.807, 2.05) is 7.05 Å². The molecule has 0 bridgehead atoms. The first-order chi connectivity index (χ1) is 11.7. The molecule has 1 aromatic carbocycles. The summed E-state index contributed by atoms with van der Waals surface area (Å²) in [6, 6.07) is 8.67. The fourth-order valence-corrected chi connectivity index (χ4v) is 3.60. The summed E-state index contributed by atoms with van der Waals surface area (Å²) in [6.45, 7) is 13.3. The highest BCUT2D eigenvalue weighted by Crippen LogP contribution is 2.18. The van der Waals surface area contributed by atoms with Crippen molar-refractivity contribution in [1.29, 1.82) is 0 Å². The first-order valence-corrected chi connectivity index (χ1v) is 9.46. The van der Waals surface area contributed by atoms with Crippen LogP contribution in [0.2, 0.25) is 0 Å². The van der Waals surface area contributed by atoms with Crippen LogP contribution < -0.4 is 5.32 Å². The number of hydrogen-bond acceptors (Lipinski definition) is 2. The van der Waals surface area contributed by atoms with Crippen LogP contribution >= 0.6 is 0 Å². The van der Waals surface area contributed by atoms with Crippen LogP contribution in [0.4, 0.5) is 0 Å². The van der Waals surface area contributed by atoms with Gasteiger partial charge >= 0.3 is 0 Å². The first-order valence-electron chi connectivity index (χ1n) is 9.46. The van der Waals surface area contributed by atoms with Crippen LogP contribution in [0.25, 0.3) is 0 Å². The molecule has 1 aromatic rings. The number of aliphatic imine (C=N–C) groups is 1. The Bertz CT molecular complexity index is 522. The van der Waals surface area contributed by atoms with Crippen molar-refractivity contribution in [2.45, 2.75) is 40.2 Å². The summed E-state index contributed by atoms with van der Waals surface area (Å²) in [4.78, 5) is 9.46. The highest BCUT2D eigenvalue weighted by atomic mass is 15.3. The Morgan fingerprint density at radius 1 is 1.21 bits per heavy atom. The number of aryl methyl sites for hydroxylation is 1. The van der Waals surface area contributed by atoms with Crippen LogP contribution in [0.3, 0.4) is 0 Å². The minimum atomic E-state index is 0.756. The highest BCUT2D eigenvalue weighted by Gasteiger charge is 2.25. The summed E-state index contributed by atoms with van der Waals surface area (Å²) in [5.74, 6) is 1.80. The van der Waals surface area contributed by atoms with Crippen LogP contribution in [-0.4, -0.2) is 55.5 Å². The Kier molecular flexibility index (Phi) is 7.57. The van der Waals surface area contributed by atoms with E-state index in [9.17, 15) is 0 Å². The van der Waals surface area contributed by atoms with Crippen molar-refractivity contribution < 1.29 is 0 Å². The lowest BCUT2D eigenvalue weighted by Gasteiger charge is -2.24. The Hall–Kier alpha value is -1.55. The average Bonchev–Trinajstić information content (AvgIpc) is 3.09. The molecule has 2 rings (SSSR count). The minimum absolute atomic E-state index is 0.756. The van der Waals surface area contributed by atoms with Crippen LogP contribution in [-0.2, 0) is 13.0 Å². The van der Waals surface area contributed by atoms with Crippen LogP contribution in [0.5, 0.6) is 0 Å². The third-order valence-corrected chi connectivity index (χ3v) is 5.14. The van der Waals surface area contributed by atoms with E-state index in [0.717, 1.165) is 51.0 Å². The van der Waals surface area contributed by atoms with E-state index in [1.165, 1.54) is 24.1 Å². The maximum Gasteiger partial charge on any atom is 0.193 e. The molecule has 1 saturated heterocycles. The molecule has 1 N–H and O–H groups in total. The van der Waals surface area contributed by atoms with Gasteiger partial charge in [0.2, 0.25) is 0 Å². The molecular weight excluding hydrogens is 296 g/mol. The van der Waals surface area contributed by atoms with E-state index >= 15 is 0 Å². The number of benzene rings is 1. The lowest BCUT2D eigenvalue weighted by Crippen LogP contribution is -2.40. The molecule has 1 aliphatic heterocycles. The van der Waals surface area contributed by atoms with E-state index in [-0.39, 0.29) is 0 Å². The molecule has 4 nitrogen and oxygen atoms in total. The van der Waals surface area contributed by atoms with E-state index < -0.39 is 0 Å². The van der Waals surface area contributed by atoms with Crippen molar-refractivity contribution in [3.8, 4) is 0 Å². The predicted octanol–water partition coefficient (Wildman–Crippen LogP) is 2.99. The van der Waals surface area contributed by atoms with Crippen LogP contribution in [0, 0.1) is 5.92 Å². The van der Waals surface area contributed by atoms with Crippen molar-refractivity contribution >= 4 is 5.96 Å². The van der Waals surface area contributed by atoms with Gasteiger partial charge in [0.05, 0.1) is 0 Å². The Morgan fingerprint density at radius 2 is 1.92 bits per heavy atom. The van der Waals surface area contributed by atoms with Crippen molar-refractivity contribution in [2.24, 2.45) is 10.9 Å². The van der Waals surface area contributed by atoms with Crippen LogP contribution in [0.1, 0.15) is 38.3 Å². The number of hydrogen-bond donors (Lipinski definition) is 1. The Balaban J connectivity index is 1.88. The van der Waals surface area contributed by atoms with Gasteiger partial charge in [-0.1, -0.05) is 45.0 Å². The second kappa shape index (κ2) is 9.67. The lowest BCUT2D eigenvalue weighted by atomic mass is 10.1. The summed E-state index contributed by atoms with van der Waals surface area (Å²) in [7, 11) is 1.89. The third kappa shape index (κ3) is 4.97. The molecule has 0 aliphatic carbocycles.